The zero-order chi connectivity index (χ0) is 14.1. The third-order valence-corrected chi connectivity index (χ3v) is 2.50. The monoisotopic (exact) mass is 267 g/mol. The first-order valence-electron chi connectivity index (χ1n) is 7.05. The van der Waals surface area contributed by atoms with Gasteiger partial charge in [0.1, 0.15) is 17.7 Å². The van der Waals surface area contributed by atoms with Gasteiger partial charge in [0, 0.05) is 25.6 Å². The van der Waals surface area contributed by atoms with Gasteiger partial charge in [0.05, 0.1) is 6.61 Å². The standard InChI is InChI=1S/C14H25N3O2/c1-5-8-15-13-9-14(17-12(6-2)16-13)19-11(4)10-18-7-3/h9,11H,5-8,10H2,1-4H3,(H,15,16,17). The van der Waals surface area contributed by atoms with Crippen LogP contribution in [0.4, 0.5) is 5.82 Å². The molecule has 0 amide bonds. The Balaban J connectivity index is 2.69. The van der Waals surface area contributed by atoms with E-state index in [1.54, 1.807) is 0 Å². The first-order valence-corrected chi connectivity index (χ1v) is 7.05. The van der Waals surface area contributed by atoms with E-state index in [-0.39, 0.29) is 6.10 Å². The zero-order valence-corrected chi connectivity index (χ0v) is 12.4. The van der Waals surface area contributed by atoms with Crippen molar-refractivity contribution >= 4 is 5.82 Å². The van der Waals surface area contributed by atoms with E-state index in [4.69, 9.17) is 9.47 Å². The van der Waals surface area contributed by atoms with Crippen LogP contribution in [0.25, 0.3) is 0 Å². The molecule has 0 aromatic carbocycles. The molecule has 0 aliphatic rings. The van der Waals surface area contributed by atoms with Crippen molar-refractivity contribution in [3.63, 3.8) is 0 Å². The van der Waals surface area contributed by atoms with E-state index >= 15 is 0 Å². The first-order chi connectivity index (χ1) is 9.19. The van der Waals surface area contributed by atoms with Crippen molar-refractivity contribution in [3.05, 3.63) is 11.9 Å². The second kappa shape index (κ2) is 8.69. The van der Waals surface area contributed by atoms with Crippen molar-refractivity contribution in [2.45, 2.75) is 46.6 Å². The fourth-order valence-electron chi connectivity index (χ4n) is 1.56. The number of aromatic nitrogens is 2. The fourth-order valence-corrected chi connectivity index (χ4v) is 1.56. The normalized spacial score (nSPS) is 12.2. The van der Waals surface area contributed by atoms with Gasteiger partial charge < -0.3 is 14.8 Å². The van der Waals surface area contributed by atoms with Crippen molar-refractivity contribution < 1.29 is 9.47 Å². The Bertz CT molecular complexity index is 372. The summed E-state index contributed by atoms with van der Waals surface area (Å²) >= 11 is 0. The van der Waals surface area contributed by atoms with Gasteiger partial charge in [-0.25, -0.2) is 4.98 Å². The predicted octanol–water partition coefficient (Wildman–Crippen LogP) is 2.66. The van der Waals surface area contributed by atoms with Crippen LogP contribution in [0.3, 0.4) is 0 Å². The molecule has 5 nitrogen and oxygen atoms in total. The molecule has 0 aliphatic carbocycles. The van der Waals surface area contributed by atoms with Crippen LogP contribution < -0.4 is 10.1 Å². The van der Waals surface area contributed by atoms with E-state index in [2.05, 4.69) is 22.2 Å². The van der Waals surface area contributed by atoms with Gasteiger partial charge in [0.25, 0.3) is 0 Å². The van der Waals surface area contributed by atoms with Gasteiger partial charge in [0.15, 0.2) is 0 Å². The molecule has 0 spiro atoms. The highest BCUT2D eigenvalue weighted by atomic mass is 16.5. The van der Waals surface area contributed by atoms with E-state index in [9.17, 15) is 0 Å². The van der Waals surface area contributed by atoms with Crippen LogP contribution in [0.1, 0.15) is 39.9 Å². The third-order valence-electron chi connectivity index (χ3n) is 2.50. The maximum absolute atomic E-state index is 5.76. The number of hydrogen-bond donors (Lipinski definition) is 1. The van der Waals surface area contributed by atoms with Gasteiger partial charge in [-0.3, -0.25) is 0 Å². The van der Waals surface area contributed by atoms with E-state index in [0.29, 0.717) is 19.1 Å². The molecule has 1 rings (SSSR count). The summed E-state index contributed by atoms with van der Waals surface area (Å²) in [6, 6.07) is 1.84. The van der Waals surface area contributed by atoms with E-state index < -0.39 is 0 Å². The number of nitrogens with one attached hydrogen (secondary N) is 1. The minimum atomic E-state index is -0.0152. The minimum absolute atomic E-state index is 0.0152. The van der Waals surface area contributed by atoms with Crippen LogP contribution in [0, 0.1) is 0 Å². The van der Waals surface area contributed by atoms with Gasteiger partial charge in [-0.1, -0.05) is 13.8 Å². The molecule has 0 fully saturated rings. The minimum Gasteiger partial charge on any atom is -0.472 e. The highest BCUT2D eigenvalue weighted by Crippen LogP contribution is 2.15. The average molecular weight is 267 g/mol. The maximum Gasteiger partial charge on any atom is 0.219 e. The number of nitrogens with zero attached hydrogens (tertiary/aromatic N) is 2. The lowest BCUT2D eigenvalue weighted by Crippen LogP contribution is -2.20. The highest BCUT2D eigenvalue weighted by Gasteiger charge is 2.08. The summed E-state index contributed by atoms with van der Waals surface area (Å²) in [5.41, 5.74) is 0. The molecular formula is C14H25N3O2. The summed E-state index contributed by atoms with van der Waals surface area (Å²) in [7, 11) is 0. The molecule has 0 saturated heterocycles. The van der Waals surface area contributed by atoms with Crippen LogP contribution in [0.2, 0.25) is 0 Å². The van der Waals surface area contributed by atoms with Gasteiger partial charge in [0.2, 0.25) is 5.88 Å². The second-order valence-corrected chi connectivity index (χ2v) is 4.38. The average Bonchev–Trinajstić information content (AvgIpc) is 2.42. The molecule has 1 aromatic rings. The first kappa shape index (κ1) is 15.7. The summed E-state index contributed by atoms with van der Waals surface area (Å²) in [6.45, 7) is 10.3. The molecular weight excluding hydrogens is 242 g/mol. The summed E-state index contributed by atoms with van der Waals surface area (Å²) in [5, 5.41) is 3.26. The smallest absolute Gasteiger partial charge is 0.219 e. The molecule has 0 radical (unpaired) electrons. The van der Waals surface area contributed by atoms with Crippen molar-refractivity contribution in [2.24, 2.45) is 0 Å². The maximum atomic E-state index is 5.76. The molecule has 108 valence electrons. The van der Waals surface area contributed by atoms with Gasteiger partial charge in [-0.15, -0.1) is 0 Å². The molecule has 19 heavy (non-hydrogen) atoms. The Hall–Kier alpha value is -1.36. The van der Waals surface area contributed by atoms with Crippen LogP contribution >= 0.6 is 0 Å². The lowest BCUT2D eigenvalue weighted by atomic mass is 10.4. The number of rotatable bonds is 9. The molecule has 0 saturated carbocycles. The molecule has 1 N–H and O–H groups in total. The number of anilines is 1. The highest BCUT2D eigenvalue weighted by molar-refractivity contribution is 5.38. The molecule has 1 aromatic heterocycles. The summed E-state index contributed by atoms with van der Waals surface area (Å²) in [5.74, 6) is 2.23. The topological polar surface area (TPSA) is 56.3 Å². The largest absolute Gasteiger partial charge is 0.472 e. The Morgan fingerprint density at radius 3 is 2.68 bits per heavy atom. The van der Waals surface area contributed by atoms with Gasteiger partial charge in [-0.05, 0) is 20.3 Å². The number of aryl methyl sites for hydroxylation is 1. The van der Waals surface area contributed by atoms with Crippen molar-refractivity contribution in [1.82, 2.24) is 9.97 Å². The van der Waals surface area contributed by atoms with Crippen molar-refractivity contribution in [1.29, 1.82) is 0 Å². The molecule has 0 aliphatic heterocycles. The Morgan fingerprint density at radius 1 is 1.26 bits per heavy atom. The Kier molecular flexibility index (Phi) is 7.18. The third kappa shape index (κ3) is 5.87. The van der Waals surface area contributed by atoms with E-state index in [1.165, 1.54) is 0 Å². The van der Waals surface area contributed by atoms with Crippen LogP contribution in [0.5, 0.6) is 5.88 Å². The molecule has 1 unspecified atom stereocenters. The summed E-state index contributed by atoms with van der Waals surface area (Å²) < 4.78 is 11.1. The SMILES string of the molecule is CCCNc1cc(OC(C)COCC)nc(CC)n1. The van der Waals surface area contributed by atoms with E-state index in [0.717, 1.165) is 31.0 Å². The van der Waals surface area contributed by atoms with E-state index in [1.807, 2.05) is 26.8 Å². The van der Waals surface area contributed by atoms with Crippen molar-refractivity contribution in [2.75, 3.05) is 25.1 Å². The lowest BCUT2D eigenvalue weighted by Gasteiger charge is -2.15. The quantitative estimate of drug-likeness (QED) is 0.745. The van der Waals surface area contributed by atoms with Crippen LogP contribution in [-0.2, 0) is 11.2 Å². The number of ether oxygens (including phenoxy) is 2. The second-order valence-electron chi connectivity index (χ2n) is 4.38. The summed E-state index contributed by atoms with van der Waals surface area (Å²) in [4.78, 5) is 8.80. The predicted molar refractivity (Wildman–Crippen MR) is 76.8 cm³/mol. The fraction of sp³-hybridized carbons (Fsp3) is 0.714. The lowest BCUT2D eigenvalue weighted by molar-refractivity contribution is 0.0632. The van der Waals surface area contributed by atoms with Gasteiger partial charge in [-0.2, -0.15) is 4.98 Å². The van der Waals surface area contributed by atoms with Crippen LogP contribution in [0.15, 0.2) is 6.07 Å². The van der Waals surface area contributed by atoms with Crippen molar-refractivity contribution in [3.8, 4) is 5.88 Å². The zero-order valence-electron chi connectivity index (χ0n) is 12.4. The summed E-state index contributed by atoms with van der Waals surface area (Å²) in [6.07, 6.45) is 1.83. The van der Waals surface area contributed by atoms with Crippen LogP contribution in [-0.4, -0.2) is 35.8 Å². The molecule has 1 heterocycles. The number of hydrogen-bond acceptors (Lipinski definition) is 5. The molecule has 5 heteroatoms. The molecule has 1 atom stereocenters. The van der Waals surface area contributed by atoms with Gasteiger partial charge >= 0.3 is 0 Å². The molecule has 0 bridgehead atoms. The Morgan fingerprint density at radius 2 is 2.05 bits per heavy atom. The Labute approximate surface area is 115 Å².